The number of fused-ring (bicyclic) bond motifs is 1. The summed E-state index contributed by atoms with van der Waals surface area (Å²) in [5.41, 5.74) is 7.59. The summed E-state index contributed by atoms with van der Waals surface area (Å²) in [4.78, 5) is 32.5. The van der Waals surface area contributed by atoms with Gasteiger partial charge in [-0.3, -0.25) is 14.5 Å². The number of hydrogen-bond donors (Lipinski definition) is 2. The largest absolute Gasteiger partial charge is 0.374 e. The van der Waals surface area contributed by atoms with Gasteiger partial charge in [0.2, 0.25) is 0 Å². The molecule has 0 bridgehead atoms. The maximum absolute atomic E-state index is 12.8. The lowest BCUT2D eigenvalue weighted by Gasteiger charge is -2.38. The van der Waals surface area contributed by atoms with Gasteiger partial charge in [-0.1, -0.05) is 29.8 Å². The highest BCUT2D eigenvalue weighted by molar-refractivity contribution is 6.39. The second-order valence-corrected chi connectivity index (χ2v) is 9.85. The fraction of sp³-hybridized carbons (Fsp3) is 0.481. The molecule has 7 heteroatoms. The third kappa shape index (κ3) is 5.26. The van der Waals surface area contributed by atoms with E-state index in [-0.39, 0.29) is 6.04 Å². The summed E-state index contributed by atoms with van der Waals surface area (Å²) in [6.07, 6.45) is 1.04. The molecule has 0 aromatic heterocycles. The molecule has 2 aliphatic heterocycles. The van der Waals surface area contributed by atoms with Gasteiger partial charge in [0.15, 0.2) is 0 Å². The number of nitrogens with zero attached hydrogens (tertiary/aromatic N) is 3. The Hall–Kier alpha value is -2.90. The van der Waals surface area contributed by atoms with Crippen molar-refractivity contribution >= 4 is 23.2 Å². The molecule has 0 spiro atoms. The van der Waals surface area contributed by atoms with Gasteiger partial charge in [0, 0.05) is 57.7 Å². The third-order valence-electron chi connectivity index (χ3n) is 7.17. The van der Waals surface area contributed by atoms with Crippen molar-refractivity contribution in [3.63, 3.8) is 0 Å². The van der Waals surface area contributed by atoms with Crippen molar-refractivity contribution < 1.29 is 9.59 Å². The number of benzene rings is 2. The molecule has 0 aliphatic carbocycles. The molecule has 2 aromatic rings. The molecule has 7 nitrogen and oxygen atoms in total. The Balaban J connectivity index is 1.47. The first-order chi connectivity index (χ1) is 16.2. The lowest BCUT2D eigenvalue weighted by atomic mass is 10.00. The van der Waals surface area contributed by atoms with Crippen LogP contribution in [0, 0.1) is 20.8 Å². The fourth-order valence-electron chi connectivity index (χ4n) is 5.20. The summed E-state index contributed by atoms with van der Waals surface area (Å²) < 4.78 is 0. The molecule has 2 N–H and O–H groups in total. The summed E-state index contributed by atoms with van der Waals surface area (Å²) in [6.45, 7) is 11.2. The highest BCUT2D eigenvalue weighted by Crippen LogP contribution is 2.31. The molecular formula is C27H37N5O2. The average Bonchev–Trinajstić information content (AvgIpc) is 3.17. The zero-order chi connectivity index (χ0) is 24.4. The molecule has 1 atom stereocenters. The van der Waals surface area contributed by atoms with E-state index in [4.69, 9.17) is 0 Å². The molecule has 0 saturated carbocycles. The van der Waals surface area contributed by atoms with Crippen molar-refractivity contribution in [1.82, 2.24) is 15.1 Å². The molecule has 2 aliphatic rings. The van der Waals surface area contributed by atoms with Crippen molar-refractivity contribution in [3.8, 4) is 0 Å². The van der Waals surface area contributed by atoms with Gasteiger partial charge in [0.05, 0.1) is 6.04 Å². The average molecular weight is 464 g/mol. The van der Waals surface area contributed by atoms with E-state index >= 15 is 0 Å². The van der Waals surface area contributed by atoms with Gasteiger partial charge >= 0.3 is 11.8 Å². The molecular weight excluding hydrogens is 426 g/mol. The Morgan fingerprint density at radius 1 is 0.912 bits per heavy atom. The molecule has 2 aromatic carbocycles. The SMILES string of the molecule is Cc1cc(C)c(NC(=O)C(=O)NC[C@H](c2ccc3c(c2)CCN3C)N2CCN(C)CC2)c(C)c1. The number of amides is 2. The van der Waals surface area contributed by atoms with Crippen molar-refractivity contribution in [1.29, 1.82) is 0 Å². The summed E-state index contributed by atoms with van der Waals surface area (Å²) in [5, 5.41) is 5.74. The van der Waals surface area contributed by atoms with E-state index in [2.05, 4.69) is 57.6 Å². The van der Waals surface area contributed by atoms with Crippen LogP contribution in [-0.2, 0) is 16.0 Å². The van der Waals surface area contributed by atoms with Crippen molar-refractivity contribution in [3.05, 3.63) is 58.1 Å². The maximum Gasteiger partial charge on any atom is 0.313 e. The lowest BCUT2D eigenvalue weighted by Crippen LogP contribution is -2.49. The molecule has 1 fully saturated rings. The monoisotopic (exact) mass is 463 g/mol. The van der Waals surface area contributed by atoms with Crippen LogP contribution in [0.3, 0.4) is 0 Å². The van der Waals surface area contributed by atoms with Crippen LogP contribution < -0.4 is 15.5 Å². The summed E-state index contributed by atoms with van der Waals surface area (Å²) >= 11 is 0. The van der Waals surface area contributed by atoms with Gasteiger partial charge in [0.1, 0.15) is 0 Å². The zero-order valence-corrected chi connectivity index (χ0v) is 21.1. The number of aryl methyl sites for hydroxylation is 3. The van der Waals surface area contributed by atoms with E-state index in [0.717, 1.165) is 55.8 Å². The Bertz CT molecular complexity index is 1050. The Morgan fingerprint density at radius 3 is 2.26 bits per heavy atom. The number of carbonyl (C=O) groups excluding carboxylic acids is 2. The number of likely N-dealkylation sites (N-methyl/N-ethyl adjacent to an activating group) is 2. The molecule has 4 rings (SSSR count). The van der Waals surface area contributed by atoms with Gasteiger partial charge in [0.25, 0.3) is 0 Å². The van der Waals surface area contributed by atoms with E-state index in [9.17, 15) is 9.59 Å². The second kappa shape index (κ2) is 10.2. The minimum atomic E-state index is -0.622. The normalized spacial score (nSPS) is 17.4. The van der Waals surface area contributed by atoms with E-state index < -0.39 is 11.8 Å². The van der Waals surface area contributed by atoms with E-state index in [1.54, 1.807) is 0 Å². The topological polar surface area (TPSA) is 67.9 Å². The Labute approximate surface area is 203 Å². The highest BCUT2D eigenvalue weighted by atomic mass is 16.2. The van der Waals surface area contributed by atoms with Crippen LogP contribution >= 0.6 is 0 Å². The predicted octanol–water partition coefficient (Wildman–Crippen LogP) is 2.65. The molecule has 2 amide bonds. The number of nitrogens with one attached hydrogen (secondary N) is 2. The van der Waals surface area contributed by atoms with Crippen LogP contribution in [0.5, 0.6) is 0 Å². The fourth-order valence-corrected chi connectivity index (χ4v) is 5.20. The summed E-state index contributed by atoms with van der Waals surface area (Å²) in [6, 6.07) is 10.7. The van der Waals surface area contributed by atoms with Gasteiger partial charge in [-0.15, -0.1) is 0 Å². The number of piperazine rings is 1. The third-order valence-corrected chi connectivity index (χ3v) is 7.17. The first kappa shape index (κ1) is 24.2. The van der Waals surface area contributed by atoms with Crippen molar-refractivity contribution in [2.45, 2.75) is 33.2 Å². The van der Waals surface area contributed by atoms with Gasteiger partial charge in [-0.25, -0.2) is 0 Å². The van der Waals surface area contributed by atoms with Crippen molar-refractivity contribution in [2.24, 2.45) is 0 Å². The molecule has 0 unspecified atom stereocenters. The first-order valence-electron chi connectivity index (χ1n) is 12.2. The lowest BCUT2D eigenvalue weighted by molar-refractivity contribution is -0.136. The van der Waals surface area contributed by atoms with Crippen LogP contribution in [0.15, 0.2) is 30.3 Å². The van der Waals surface area contributed by atoms with Gasteiger partial charge in [-0.2, -0.15) is 0 Å². The van der Waals surface area contributed by atoms with Crippen LogP contribution in [0.4, 0.5) is 11.4 Å². The molecule has 182 valence electrons. The Morgan fingerprint density at radius 2 is 1.59 bits per heavy atom. The van der Waals surface area contributed by atoms with Gasteiger partial charge in [-0.05, 0) is 62.6 Å². The second-order valence-electron chi connectivity index (χ2n) is 9.85. The quantitative estimate of drug-likeness (QED) is 0.668. The number of hydrogen-bond acceptors (Lipinski definition) is 5. The number of anilines is 2. The first-order valence-corrected chi connectivity index (χ1v) is 12.2. The number of rotatable bonds is 5. The maximum atomic E-state index is 12.8. The molecule has 0 radical (unpaired) electrons. The van der Waals surface area contributed by atoms with Crippen LogP contribution in [0.25, 0.3) is 0 Å². The number of carbonyl (C=O) groups is 2. The van der Waals surface area contributed by atoms with E-state index in [1.807, 2.05) is 32.9 Å². The predicted molar refractivity (Wildman–Crippen MR) is 138 cm³/mol. The van der Waals surface area contributed by atoms with Crippen LogP contribution in [-0.4, -0.2) is 75.0 Å². The van der Waals surface area contributed by atoms with E-state index in [0.29, 0.717) is 12.2 Å². The van der Waals surface area contributed by atoms with Crippen molar-refractivity contribution in [2.75, 3.05) is 63.6 Å². The Kier molecular flexibility index (Phi) is 7.24. The standard InChI is InChI=1S/C27H37N5O2/c1-18-14-19(2)25(20(3)15-18)29-27(34)26(33)28-17-24(32-12-10-30(4)11-13-32)21-6-7-23-22(16-21)8-9-31(23)5/h6-7,14-16,24H,8-13,17H2,1-5H3,(H,28,33)(H,29,34)/t24-/m1/s1. The van der Waals surface area contributed by atoms with E-state index in [1.165, 1.54) is 16.8 Å². The van der Waals surface area contributed by atoms with Crippen LogP contribution in [0.2, 0.25) is 0 Å². The minimum Gasteiger partial charge on any atom is -0.374 e. The van der Waals surface area contributed by atoms with Gasteiger partial charge < -0.3 is 20.4 Å². The zero-order valence-electron chi connectivity index (χ0n) is 21.1. The summed E-state index contributed by atoms with van der Waals surface area (Å²) in [5.74, 6) is -1.22. The molecule has 1 saturated heterocycles. The highest BCUT2D eigenvalue weighted by Gasteiger charge is 2.27. The molecule has 34 heavy (non-hydrogen) atoms. The molecule has 2 heterocycles. The summed E-state index contributed by atoms with van der Waals surface area (Å²) in [7, 11) is 4.26. The van der Waals surface area contributed by atoms with Crippen LogP contribution in [0.1, 0.15) is 33.9 Å². The minimum absolute atomic E-state index is 0.0319. The smallest absolute Gasteiger partial charge is 0.313 e.